The standard InChI is InChI=1S/C13H22N2O3/c1-9-3-2-7-15(8-6-9)13(18)14-11(12(16)17)10-4-5-10/h9-11H,2-8H2,1H3,(H,14,18)(H,16,17). The molecule has 1 heterocycles. The maximum absolute atomic E-state index is 12.1. The van der Waals surface area contributed by atoms with Crippen LogP contribution in [0.2, 0.25) is 0 Å². The Morgan fingerprint density at radius 3 is 2.56 bits per heavy atom. The van der Waals surface area contributed by atoms with Crippen molar-refractivity contribution in [1.29, 1.82) is 0 Å². The molecule has 1 saturated carbocycles. The van der Waals surface area contributed by atoms with Gasteiger partial charge in [0.05, 0.1) is 0 Å². The maximum Gasteiger partial charge on any atom is 0.326 e. The number of carbonyl (C=O) groups is 2. The zero-order valence-electron chi connectivity index (χ0n) is 10.9. The Hall–Kier alpha value is -1.26. The Labute approximate surface area is 108 Å². The Bertz CT molecular complexity index is 328. The van der Waals surface area contributed by atoms with Crippen LogP contribution in [0, 0.1) is 11.8 Å². The smallest absolute Gasteiger partial charge is 0.326 e. The maximum atomic E-state index is 12.1. The highest BCUT2D eigenvalue weighted by molar-refractivity contribution is 5.83. The van der Waals surface area contributed by atoms with E-state index in [2.05, 4.69) is 12.2 Å². The number of amides is 2. The molecule has 2 atom stereocenters. The van der Waals surface area contributed by atoms with Gasteiger partial charge >= 0.3 is 12.0 Å². The third-order valence-electron chi connectivity index (χ3n) is 3.94. The molecule has 0 radical (unpaired) electrons. The van der Waals surface area contributed by atoms with Gasteiger partial charge in [-0.1, -0.05) is 6.92 Å². The van der Waals surface area contributed by atoms with E-state index >= 15 is 0 Å². The molecule has 0 aromatic heterocycles. The molecule has 2 aliphatic rings. The molecule has 1 aliphatic heterocycles. The highest BCUT2D eigenvalue weighted by Crippen LogP contribution is 2.32. The lowest BCUT2D eigenvalue weighted by Crippen LogP contribution is -2.49. The lowest BCUT2D eigenvalue weighted by Gasteiger charge is -2.23. The van der Waals surface area contributed by atoms with Crippen LogP contribution in [0.25, 0.3) is 0 Å². The summed E-state index contributed by atoms with van der Waals surface area (Å²) in [6.45, 7) is 3.68. The number of nitrogens with one attached hydrogen (secondary N) is 1. The Balaban J connectivity index is 1.87. The van der Waals surface area contributed by atoms with Crippen LogP contribution < -0.4 is 5.32 Å². The molecule has 0 aromatic carbocycles. The summed E-state index contributed by atoms with van der Waals surface area (Å²) >= 11 is 0. The molecule has 5 heteroatoms. The van der Waals surface area contributed by atoms with E-state index in [9.17, 15) is 9.59 Å². The highest BCUT2D eigenvalue weighted by atomic mass is 16.4. The largest absolute Gasteiger partial charge is 0.480 e. The molecule has 102 valence electrons. The predicted molar refractivity (Wildman–Crippen MR) is 67.3 cm³/mol. The SMILES string of the molecule is CC1CCCN(C(=O)NC(C(=O)O)C2CC2)CC1. The van der Waals surface area contributed by atoms with E-state index in [0.717, 1.165) is 45.2 Å². The predicted octanol–water partition coefficient (Wildman–Crippen LogP) is 1.68. The van der Waals surface area contributed by atoms with E-state index in [1.165, 1.54) is 0 Å². The van der Waals surface area contributed by atoms with E-state index in [1.54, 1.807) is 4.90 Å². The van der Waals surface area contributed by atoms with Gasteiger partial charge in [0.25, 0.3) is 0 Å². The molecular weight excluding hydrogens is 232 g/mol. The highest BCUT2D eigenvalue weighted by Gasteiger charge is 2.38. The normalized spacial score (nSPS) is 26.3. The van der Waals surface area contributed by atoms with Gasteiger partial charge in [-0.2, -0.15) is 0 Å². The minimum Gasteiger partial charge on any atom is -0.480 e. The van der Waals surface area contributed by atoms with Crippen molar-refractivity contribution < 1.29 is 14.7 Å². The van der Waals surface area contributed by atoms with Crippen molar-refractivity contribution in [1.82, 2.24) is 10.2 Å². The summed E-state index contributed by atoms with van der Waals surface area (Å²) in [6.07, 6.45) is 4.99. The fourth-order valence-electron chi connectivity index (χ4n) is 2.50. The molecule has 0 bridgehead atoms. The van der Waals surface area contributed by atoms with Crippen LogP contribution in [0.5, 0.6) is 0 Å². The third-order valence-corrected chi connectivity index (χ3v) is 3.94. The van der Waals surface area contributed by atoms with Crippen LogP contribution in [0.4, 0.5) is 4.79 Å². The minimum absolute atomic E-state index is 0.136. The number of likely N-dealkylation sites (tertiary alicyclic amines) is 1. The number of carboxylic acid groups (broad SMARTS) is 1. The molecule has 5 nitrogen and oxygen atoms in total. The molecule has 2 amide bonds. The average molecular weight is 254 g/mol. The van der Waals surface area contributed by atoms with Crippen molar-refractivity contribution in [3.63, 3.8) is 0 Å². The second-order valence-corrected chi connectivity index (χ2v) is 5.63. The summed E-state index contributed by atoms with van der Waals surface area (Å²) in [5.74, 6) is -0.118. The van der Waals surface area contributed by atoms with Crippen LogP contribution in [-0.4, -0.2) is 41.1 Å². The van der Waals surface area contributed by atoms with Crippen LogP contribution in [0.1, 0.15) is 39.0 Å². The lowest BCUT2D eigenvalue weighted by molar-refractivity contribution is -0.139. The quantitative estimate of drug-likeness (QED) is 0.805. The molecular formula is C13H22N2O3. The molecule has 2 rings (SSSR count). The summed E-state index contributed by atoms with van der Waals surface area (Å²) in [7, 11) is 0. The first-order chi connectivity index (χ1) is 8.58. The minimum atomic E-state index is -0.908. The fraction of sp³-hybridized carbons (Fsp3) is 0.846. The van der Waals surface area contributed by atoms with Crippen molar-refractivity contribution in [2.24, 2.45) is 11.8 Å². The first kappa shape index (κ1) is 13.2. The van der Waals surface area contributed by atoms with Crippen molar-refractivity contribution >= 4 is 12.0 Å². The molecule has 2 unspecified atom stereocenters. The van der Waals surface area contributed by atoms with Crippen molar-refractivity contribution in [3.05, 3.63) is 0 Å². The number of carbonyl (C=O) groups excluding carboxylic acids is 1. The number of carboxylic acids is 1. The van der Waals surface area contributed by atoms with E-state index in [4.69, 9.17) is 5.11 Å². The van der Waals surface area contributed by atoms with Gasteiger partial charge in [-0.15, -0.1) is 0 Å². The summed E-state index contributed by atoms with van der Waals surface area (Å²) in [5, 5.41) is 11.8. The molecule has 0 spiro atoms. The van der Waals surface area contributed by atoms with Crippen LogP contribution in [0.3, 0.4) is 0 Å². The number of nitrogens with zero attached hydrogens (tertiary/aromatic N) is 1. The number of aliphatic carboxylic acids is 1. The topological polar surface area (TPSA) is 69.6 Å². The molecule has 1 saturated heterocycles. The summed E-state index contributed by atoms with van der Waals surface area (Å²) in [5.41, 5.74) is 0. The van der Waals surface area contributed by atoms with Crippen molar-refractivity contribution in [2.45, 2.75) is 45.1 Å². The molecule has 1 aliphatic carbocycles. The van der Waals surface area contributed by atoms with Crippen LogP contribution in [0.15, 0.2) is 0 Å². The number of urea groups is 1. The van der Waals surface area contributed by atoms with Gasteiger partial charge in [0.15, 0.2) is 0 Å². The fourth-order valence-corrected chi connectivity index (χ4v) is 2.50. The molecule has 0 aromatic rings. The second-order valence-electron chi connectivity index (χ2n) is 5.63. The number of rotatable bonds is 3. The third kappa shape index (κ3) is 3.37. The zero-order chi connectivity index (χ0) is 13.1. The Morgan fingerprint density at radius 1 is 1.22 bits per heavy atom. The Morgan fingerprint density at radius 2 is 1.94 bits per heavy atom. The first-order valence-corrected chi connectivity index (χ1v) is 6.86. The molecule has 2 N–H and O–H groups in total. The van der Waals surface area contributed by atoms with Gasteiger partial charge in [0.2, 0.25) is 0 Å². The van der Waals surface area contributed by atoms with Gasteiger partial charge in [-0.25, -0.2) is 9.59 Å². The number of hydrogen-bond acceptors (Lipinski definition) is 2. The average Bonchev–Trinajstić information content (AvgIpc) is 3.12. The zero-order valence-corrected chi connectivity index (χ0v) is 10.9. The monoisotopic (exact) mass is 254 g/mol. The van der Waals surface area contributed by atoms with Crippen molar-refractivity contribution in [3.8, 4) is 0 Å². The van der Waals surface area contributed by atoms with E-state index in [0.29, 0.717) is 5.92 Å². The van der Waals surface area contributed by atoms with Gasteiger partial charge in [-0.3, -0.25) is 0 Å². The van der Waals surface area contributed by atoms with E-state index in [-0.39, 0.29) is 11.9 Å². The van der Waals surface area contributed by atoms with Gasteiger partial charge < -0.3 is 15.3 Å². The van der Waals surface area contributed by atoms with Gasteiger partial charge in [0.1, 0.15) is 6.04 Å². The van der Waals surface area contributed by atoms with Crippen LogP contribution in [-0.2, 0) is 4.79 Å². The molecule has 2 fully saturated rings. The summed E-state index contributed by atoms with van der Waals surface area (Å²) in [6, 6.07) is -0.901. The molecule has 18 heavy (non-hydrogen) atoms. The van der Waals surface area contributed by atoms with Gasteiger partial charge in [-0.05, 0) is 43.9 Å². The van der Waals surface area contributed by atoms with E-state index < -0.39 is 12.0 Å². The summed E-state index contributed by atoms with van der Waals surface area (Å²) < 4.78 is 0. The van der Waals surface area contributed by atoms with Gasteiger partial charge in [0, 0.05) is 13.1 Å². The van der Waals surface area contributed by atoms with E-state index in [1.807, 2.05) is 0 Å². The van der Waals surface area contributed by atoms with Crippen LogP contribution >= 0.6 is 0 Å². The lowest BCUT2D eigenvalue weighted by atomic mass is 10.0. The first-order valence-electron chi connectivity index (χ1n) is 6.86. The number of hydrogen-bond donors (Lipinski definition) is 2. The summed E-state index contributed by atoms with van der Waals surface area (Å²) in [4.78, 5) is 24.9. The second kappa shape index (κ2) is 5.59. The Kier molecular flexibility index (Phi) is 4.09. The van der Waals surface area contributed by atoms with Crippen molar-refractivity contribution in [2.75, 3.05) is 13.1 Å².